The van der Waals surface area contributed by atoms with Gasteiger partial charge in [0, 0.05) is 5.92 Å². The highest BCUT2D eigenvalue weighted by Crippen LogP contribution is 2.44. The van der Waals surface area contributed by atoms with Crippen molar-refractivity contribution in [2.75, 3.05) is 13.2 Å². The molecule has 8 heteroatoms. The molecule has 0 heterocycles. The average Bonchev–Trinajstić information content (AvgIpc) is 3.09. The fraction of sp³-hybridized carbons (Fsp3) is 0.348. The van der Waals surface area contributed by atoms with Crippen LogP contribution >= 0.6 is 0 Å². The summed E-state index contributed by atoms with van der Waals surface area (Å²) in [6.07, 6.45) is -1.47. The van der Waals surface area contributed by atoms with Gasteiger partial charge in [-0.1, -0.05) is 61.9 Å². The normalized spacial score (nSPS) is 14.1. The summed E-state index contributed by atoms with van der Waals surface area (Å²) in [5.74, 6) is -2.10. The number of ether oxygens (including phenoxy) is 1. The van der Waals surface area contributed by atoms with Crippen LogP contribution in [-0.4, -0.2) is 53.5 Å². The number of benzene rings is 2. The van der Waals surface area contributed by atoms with E-state index >= 15 is 0 Å². The molecule has 2 aromatic rings. The molecule has 1 aliphatic carbocycles. The first kappa shape index (κ1) is 22.3. The Kier molecular flexibility index (Phi) is 7.25. The minimum absolute atomic E-state index is 0.0951. The standard InChI is InChI=1S/C23H26N2O6/c1-2-7-19(21(27)24-12-20(26)22(28)29)25-23(30)31-13-18-16-10-5-3-8-14(16)15-9-4-6-11-17(15)18/h3-6,8-11,18-20,26H,2,7,12-13H2,1H3,(H,24,27)(H,25,30)(H,28,29). The largest absolute Gasteiger partial charge is 0.479 e. The molecule has 0 saturated heterocycles. The molecule has 0 aromatic heterocycles. The summed E-state index contributed by atoms with van der Waals surface area (Å²) in [6, 6.07) is 15.1. The molecule has 4 N–H and O–H groups in total. The first-order chi connectivity index (χ1) is 14.9. The van der Waals surface area contributed by atoms with Crippen molar-refractivity contribution in [3.05, 3.63) is 59.7 Å². The highest BCUT2D eigenvalue weighted by atomic mass is 16.5. The predicted molar refractivity (Wildman–Crippen MR) is 114 cm³/mol. The van der Waals surface area contributed by atoms with E-state index < -0.39 is 36.7 Å². The van der Waals surface area contributed by atoms with Crippen molar-refractivity contribution < 1.29 is 29.3 Å². The summed E-state index contributed by atoms with van der Waals surface area (Å²) >= 11 is 0. The summed E-state index contributed by atoms with van der Waals surface area (Å²) in [6.45, 7) is 1.53. The molecule has 2 atom stereocenters. The molecule has 0 fully saturated rings. The van der Waals surface area contributed by atoms with Crippen LogP contribution in [0, 0.1) is 0 Å². The second-order valence-electron chi connectivity index (χ2n) is 7.41. The quantitative estimate of drug-likeness (QED) is 0.487. The number of hydrogen-bond donors (Lipinski definition) is 4. The van der Waals surface area contributed by atoms with Gasteiger partial charge in [-0.05, 0) is 28.7 Å². The molecular weight excluding hydrogens is 400 g/mol. The van der Waals surface area contributed by atoms with Crippen molar-refractivity contribution in [3.63, 3.8) is 0 Å². The maximum atomic E-state index is 12.4. The van der Waals surface area contributed by atoms with E-state index in [9.17, 15) is 19.5 Å². The van der Waals surface area contributed by atoms with Crippen LogP contribution in [0.1, 0.15) is 36.8 Å². The van der Waals surface area contributed by atoms with Gasteiger partial charge in [0.25, 0.3) is 0 Å². The number of aliphatic hydroxyl groups excluding tert-OH is 1. The van der Waals surface area contributed by atoms with Gasteiger partial charge in [0.1, 0.15) is 12.6 Å². The fourth-order valence-electron chi connectivity index (χ4n) is 3.75. The lowest BCUT2D eigenvalue weighted by Gasteiger charge is -2.19. The first-order valence-corrected chi connectivity index (χ1v) is 10.2. The van der Waals surface area contributed by atoms with Crippen molar-refractivity contribution >= 4 is 18.0 Å². The molecule has 1 aliphatic rings. The molecule has 0 aliphatic heterocycles. The monoisotopic (exact) mass is 426 g/mol. The Hall–Kier alpha value is -3.39. The third kappa shape index (κ3) is 5.21. The number of carboxylic acids is 1. The van der Waals surface area contributed by atoms with Crippen LogP contribution in [0.2, 0.25) is 0 Å². The lowest BCUT2D eigenvalue weighted by Crippen LogP contribution is -2.49. The van der Waals surface area contributed by atoms with E-state index in [4.69, 9.17) is 9.84 Å². The maximum Gasteiger partial charge on any atom is 0.407 e. The van der Waals surface area contributed by atoms with Crippen molar-refractivity contribution in [2.24, 2.45) is 0 Å². The third-order valence-electron chi connectivity index (χ3n) is 5.28. The summed E-state index contributed by atoms with van der Waals surface area (Å²) in [5, 5.41) is 22.9. The number of alkyl carbamates (subject to hydrolysis) is 1. The second kappa shape index (κ2) is 10.1. The van der Waals surface area contributed by atoms with Crippen molar-refractivity contribution in [1.82, 2.24) is 10.6 Å². The zero-order valence-electron chi connectivity index (χ0n) is 17.2. The summed E-state index contributed by atoms with van der Waals surface area (Å²) < 4.78 is 5.46. The lowest BCUT2D eigenvalue weighted by molar-refractivity contribution is -0.146. The molecule has 31 heavy (non-hydrogen) atoms. The number of carbonyl (C=O) groups is 3. The van der Waals surface area contributed by atoms with Crippen LogP contribution in [0.4, 0.5) is 4.79 Å². The van der Waals surface area contributed by atoms with Crippen molar-refractivity contribution in [2.45, 2.75) is 37.8 Å². The number of rotatable bonds is 9. The first-order valence-electron chi connectivity index (χ1n) is 10.2. The van der Waals surface area contributed by atoms with Crippen LogP contribution in [0.5, 0.6) is 0 Å². The number of aliphatic carboxylic acids is 1. The number of amides is 2. The minimum Gasteiger partial charge on any atom is -0.479 e. The smallest absolute Gasteiger partial charge is 0.407 e. The van der Waals surface area contributed by atoms with E-state index in [1.165, 1.54) is 0 Å². The maximum absolute atomic E-state index is 12.4. The molecule has 0 spiro atoms. The van der Waals surface area contributed by atoms with Crippen molar-refractivity contribution in [1.29, 1.82) is 0 Å². The Morgan fingerprint density at radius 2 is 1.61 bits per heavy atom. The van der Waals surface area contributed by atoms with E-state index in [2.05, 4.69) is 10.6 Å². The Morgan fingerprint density at radius 3 is 2.16 bits per heavy atom. The third-order valence-corrected chi connectivity index (χ3v) is 5.28. The zero-order chi connectivity index (χ0) is 22.4. The molecule has 0 saturated carbocycles. The highest BCUT2D eigenvalue weighted by molar-refractivity contribution is 5.86. The molecule has 0 radical (unpaired) electrons. The van der Waals surface area contributed by atoms with Crippen molar-refractivity contribution in [3.8, 4) is 11.1 Å². The van der Waals surface area contributed by atoms with Crippen LogP contribution in [0.3, 0.4) is 0 Å². The SMILES string of the molecule is CCCC(NC(=O)OCC1c2ccccc2-c2ccccc21)C(=O)NCC(O)C(=O)O. The van der Waals surface area contributed by atoms with Gasteiger partial charge < -0.3 is 25.6 Å². The summed E-state index contributed by atoms with van der Waals surface area (Å²) in [7, 11) is 0. The van der Waals surface area contributed by atoms with Gasteiger partial charge in [-0.2, -0.15) is 0 Å². The zero-order valence-corrected chi connectivity index (χ0v) is 17.2. The molecule has 8 nitrogen and oxygen atoms in total. The van der Waals surface area contributed by atoms with Gasteiger partial charge in [-0.25, -0.2) is 9.59 Å². The fourth-order valence-corrected chi connectivity index (χ4v) is 3.75. The average molecular weight is 426 g/mol. The number of fused-ring (bicyclic) bond motifs is 3. The van der Waals surface area contributed by atoms with Gasteiger partial charge in [0.15, 0.2) is 6.10 Å². The molecule has 0 bridgehead atoms. The highest BCUT2D eigenvalue weighted by Gasteiger charge is 2.29. The lowest BCUT2D eigenvalue weighted by atomic mass is 9.98. The number of nitrogens with one attached hydrogen (secondary N) is 2. The molecule has 3 rings (SSSR count). The van der Waals surface area contributed by atoms with Crippen LogP contribution in [0.15, 0.2) is 48.5 Å². The van der Waals surface area contributed by atoms with E-state index in [1.54, 1.807) is 0 Å². The number of carbonyl (C=O) groups excluding carboxylic acids is 2. The van der Waals surface area contributed by atoms with Crippen LogP contribution in [-0.2, 0) is 14.3 Å². The van der Waals surface area contributed by atoms with Gasteiger partial charge >= 0.3 is 12.1 Å². The molecule has 2 amide bonds. The Labute approximate surface area is 180 Å². The number of aliphatic hydroxyl groups is 1. The van der Waals surface area contributed by atoms with E-state index in [-0.39, 0.29) is 12.5 Å². The van der Waals surface area contributed by atoms with Crippen LogP contribution in [0.25, 0.3) is 11.1 Å². The van der Waals surface area contributed by atoms with Gasteiger partial charge in [0.05, 0.1) is 6.54 Å². The second-order valence-corrected chi connectivity index (χ2v) is 7.41. The van der Waals surface area contributed by atoms with Gasteiger partial charge in [0.2, 0.25) is 5.91 Å². The Morgan fingerprint density at radius 1 is 1.03 bits per heavy atom. The number of carboxylic acid groups (broad SMARTS) is 1. The summed E-state index contributed by atoms with van der Waals surface area (Å²) in [5.41, 5.74) is 4.41. The topological polar surface area (TPSA) is 125 Å². The van der Waals surface area contributed by atoms with E-state index in [0.29, 0.717) is 12.8 Å². The molecule has 2 aromatic carbocycles. The molecule has 2 unspecified atom stereocenters. The van der Waals surface area contributed by atoms with E-state index in [0.717, 1.165) is 22.3 Å². The number of hydrogen-bond acceptors (Lipinski definition) is 5. The predicted octanol–water partition coefficient (Wildman–Crippen LogP) is 2.26. The van der Waals surface area contributed by atoms with E-state index in [1.807, 2.05) is 55.5 Å². The Balaban J connectivity index is 1.61. The minimum atomic E-state index is -1.71. The van der Waals surface area contributed by atoms with Gasteiger partial charge in [-0.15, -0.1) is 0 Å². The summed E-state index contributed by atoms with van der Waals surface area (Å²) in [4.78, 5) is 35.4. The van der Waals surface area contributed by atoms with Crippen LogP contribution < -0.4 is 10.6 Å². The van der Waals surface area contributed by atoms with Gasteiger partial charge in [-0.3, -0.25) is 4.79 Å². The Bertz CT molecular complexity index is 915. The molecular formula is C23H26N2O6. The molecule has 164 valence electrons.